The lowest BCUT2D eigenvalue weighted by Gasteiger charge is -2.13. The summed E-state index contributed by atoms with van der Waals surface area (Å²) < 4.78 is 5.44. The maximum absolute atomic E-state index is 11.1. The van der Waals surface area contributed by atoms with Crippen molar-refractivity contribution < 1.29 is 14.6 Å². The minimum Gasteiger partial charge on any atom is -0.495 e. The molecule has 2 unspecified atom stereocenters. The van der Waals surface area contributed by atoms with E-state index < -0.39 is 5.97 Å². The van der Waals surface area contributed by atoms with Gasteiger partial charge in [-0.05, 0) is 36.6 Å². The van der Waals surface area contributed by atoms with Gasteiger partial charge in [0, 0.05) is 24.2 Å². The number of ether oxygens (including phenoxy) is 1. The summed E-state index contributed by atoms with van der Waals surface area (Å²) in [5.74, 6) is -0.244. The van der Waals surface area contributed by atoms with Crippen LogP contribution in [-0.2, 0) is 4.79 Å². The number of carboxylic acids is 1. The number of hydrogen-bond acceptors (Lipinski definition) is 3. The fourth-order valence-electron chi connectivity index (χ4n) is 2.89. The van der Waals surface area contributed by atoms with E-state index in [1.54, 1.807) is 7.11 Å². The quantitative estimate of drug-likeness (QED) is 0.802. The van der Waals surface area contributed by atoms with Crippen molar-refractivity contribution in [2.24, 2.45) is 5.92 Å². The van der Waals surface area contributed by atoms with Crippen LogP contribution < -0.4 is 10.1 Å². The van der Waals surface area contributed by atoms with Gasteiger partial charge < -0.3 is 20.1 Å². The first-order valence-corrected chi connectivity index (χ1v) is 6.72. The van der Waals surface area contributed by atoms with Crippen molar-refractivity contribution in [2.45, 2.75) is 19.4 Å². The third-order valence-electron chi connectivity index (χ3n) is 4.08. The van der Waals surface area contributed by atoms with Gasteiger partial charge in [0.15, 0.2) is 0 Å². The Morgan fingerprint density at radius 2 is 2.25 bits per heavy atom. The first-order valence-electron chi connectivity index (χ1n) is 6.72. The number of fused-ring (bicyclic) bond motifs is 1. The molecule has 1 aromatic carbocycles. The van der Waals surface area contributed by atoms with Gasteiger partial charge in [0.05, 0.1) is 18.5 Å². The number of aryl methyl sites for hydroxylation is 1. The molecule has 0 saturated carbocycles. The van der Waals surface area contributed by atoms with Gasteiger partial charge in [-0.3, -0.25) is 4.79 Å². The molecule has 1 saturated heterocycles. The number of aromatic amines is 1. The van der Waals surface area contributed by atoms with Crippen molar-refractivity contribution in [2.75, 3.05) is 13.7 Å². The van der Waals surface area contributed by atoms with E-state index in [1.807, 2.05) is 19.2 Å². The Bertz CT molecular complexity index is 662. The minimum atomic E-state index is -0.731. The van der Waals surface area contributed by atoms with Crippen LogP contribution >= 0.6 is 0 Å². The molecule has 1 aliphatic rings. The second kappa shape index (κ2) is 4.83. The number of nitrogens with one attached hydrogen (secondary N) is 2. The van der Waals surface area contributed by atoms with Crippen LogP contribution in [0.5, 0.6) is 5.75 Å². The molecule has 5 heteroatoms. The van der Waals surface area contributed by atoms with E-state index in [0.29, 0.717) is 13.0 Å². The molecule has 1 fully saturated rings. The molecule has 3 rings (SSSR count). The summed E-state index contributed by atoms with van der Waals surface area (Å²) >= 11 is 0. The number of benzene rings is 1. The fourth-order valence-corrected chi connectivity index (χ4v) is 2.89. The third-order valence-corrected chi connectivity index (χ3v) is 4.08. The van der Waals surface area contributed by atoms with Crippen LogP contribution in [0.15, 0.2) is 18.3 Å². The van der Waals surface area contributed by atoms with E-state index in [1.165, 1.54) is 0 Å². The number of hydrogen-bond donors (Lipinski definition) is 3. The summed E-state index contributed by atoms with van der Waals surface area (Å²) in [5.41, 5.74) is 3.23. The van der Waals surface area contributed by atoms with Crippen LogP contribution in [0.1, 0.15) is 23.6 Å². The number of methoxy groups -OCH3 is 1. The number of carbonyl (C=O) groups is 1. The van der Waals surface area contributed by atoms with Crippen LogP contribution in [0.2, 0.25) is 0 Å². The number of carboxylic acid groups (broad SMARTS) is 1. The number of aromatic nitrogens is 1. The standard InChI is InChI=1S/C15H18N2O3/c1-8-6-17-14-11(8)3-9(5-13(14)20-2)12-4-10(7-16-12)15(18)19/h3,5-6,10,12,16-17H,4,7H2,1-2H3,(H,18,19). The summed E-state index contributed by atoms with van der Waals surface area (Å²) in [5, 5.41) is 13.5. The largest absolute Gasteiger partial charge is 0.495 e. The number of aliphatic carboxylic acids is 1. The second-order valence-corrected chi connectivity index (χ2v) is 5.35. The molecule has 3 N–H and O–H groups in total. The average Bonchev–Trinajstić information content (AvgIpc) is 3.05. The molecule has 20 heavy (non-hydrogen) atoms. The minimum absolute atomic E-state index is 0.0729. The summed E-state index contributed by atoms with van der Waals surface area (Å²) in [6.07, 6.45) is 2.58. The lowest BCUT2D eigenvalue weighted by molar-refractivity contribution is -0.141. The zero-order chi connectivity index (χ0) is 14.3. The zero-order valence-electron chi connectivity index (χ0n) is 11.6. The summed E-state index contributed by atoms with van der Waals surface area (Å²) in [7, 11) is 1.65. The van der Waals surface area contributed by atoms with Crippen molar-refractivity contribution in [1.29, 1.82) is 0 Å². The molecule has 1 aromatic heterocycles. The van der Waals surface area contributed by atoms with Gasteiger partial charge in [0.2, 0.25) is 0 Å². The van der Waals surface area contributed by atoms with E-state index >= 15 is 0 Å². The van der Waals surface area contributed by atoms with Gasteiger partial charge >= 0.3 is 5.97 Å². The molecule has 0 aliphatic carbocycles. The molecule has 0 spiro atoms. The Balaban J connectivity index is 2.00. The van der Waals surface area contributed by atoms with Crippen LogP contribution in [0.3, 0.4) is 0 Å². The SMILES string of the molecule is COc1cc(C2CC(C(=O)O)CN2)cc2c(C)c[nH]c12. The Labute approximate surface area is 116 Å². The van der Waals surface area contributed by atoms with Crippen LogP contribution in [0, 0.1) is 12.8 Å². The Morgan fingerprint density at radius 1 is 1.45 bits per heavy atom. The molecule has 0 radical (unpaired) electrons. The molecule has 0 bridgehead atoms. The topological polar surface area (TPSA) is 74.3 Å². The van der Waals surface area contributed by atoms with Crippen LogP contribution in [0.4, 0.5) is 0 Å². The summed E-state index contributed by atoms with van der Waals surface area (Å²) in [6.45, 7) is 2.57. The first-order chi connectivity index (χ1) is 9.60. The highest BCUT2D eigenvalue weighted by atomic mass is 16.5. The molecule has 5 nitrogen and oxygen atoms in total. The second-order valence-electron chi connectivity index (χ2n) is 5.35. The van der Waals surface area contributed by atoms with Gasteiger partial charge in [0.25, 0.3) is 0 Å². The lowest BCUT2D eigenvalue weighted by atomic mass is 9.98. The molecular formula is C15H18N2O3. The van der Waals surface area contributed by atoms with Crippen molar-refractivity contribution >= 4 is 16.9 Å². The fraction of sp³-hybridized carbons (Fsp3) is 0.400. The van der Waals surface area contributed by atoms with E-state index in [4.69, 9.17) is 9.84 Å². The van der Waals surface area contributed by atoms with E-state index in [2.05, 4.69) is 16.4 Å². The Morgan fingerprint density at radius 3 is 2.90 bits per heavy atom. The molecule has 0 amide bonds. The molecule has 106 valence electrons. The van der Waals surface area contributed by atoms with E-state index in [9.17, 15) is 4.79 Å². The van der Waals surface area contributed by atoms with E-state index in [-0.39, 0.29) is 12.0 Å². The van der Waals surface area contributed by atoms with Gasteiger partial charge in [-0.2, -0.15) is 0 Å². The number of H-pyrrole nitrogens is 1. The molecular weight excluding hydrogens is 256 g/mol. The number of rotatable bonds is 3. The molecule has 2 aromatic rings. The molecule has 2 atom stereocenters. The van der Waals surface area contributed by atoms with Gasteiger partial charge in [0.1, 0.15) is 5.75 Å². The Hall–Kier alpha value is -2.01. The van der Waals surface area contributed by atoms with Gasteiger partial charge in [-0.1, -0.05) is 0 Å². The van der Waals surface area contributed by atoms with Crippen LogP contribution in [-0.4, -0.2) is 29.7 Å². The van der Waals surface area contributed by atoms with Crippen molar-refractivity contribution in [3.63, 3.8) is 0 Å². The predicted molar refractivity (Wildman–Crippen MR) is 76.1 cm³/mol. The van der Waals surface area contributed by atoms with Crippen molar-refractivity contribution in [1.82, 2.24) is 10.3 Å². The Kier molecular flexibility index (Phi) is 3.14. The monoisotopic (exact) mass is 274 g/mol. The first kappa shape index (κ1) is 13.0. The maximum atomic E-state index is 11.1. The van der Waals surface area contributed by atoms with Gasteiger partial charge in [-0.15, -0.1) is 0 Å². The van der Waals surface area contributed by atoms with E-state index in [0.717, 1.165) is 27.8 Å². The normalized spacial score (nSPS) is 22.3. The molecule has 2 heterocycles. The highest BCUT2D eigenvalue weighted by Gasteiger charge is 2.30. The average molecular weight is 274 g/mol. The highest BCUT2D eigenvalue weighted by Crippen LogP contribution is 2.35. The smallest absolute Gasteiger partial charge is 0.307 e. The van der Waals surface area contributed by atoms with Gasteiger partial charge in [-0.25, -0.2) is 0 Å². The third kappa shape index (κ3) is 2.04. The molecule has 1 aliphatic heterocycles. The predicted octanol–water partition coefficient (Wildman–Crippen LogP) is 2.22. The highest BCUT2D eigenvalue weighted by molar-refractivity contribution is 5.89. The van der Waals surface area contributed by atoms with Crippen LogP contribution in [0.25, 0.3) is 10.9 Å². The van der Waals surface area contributed by atoms with Crippen molar-refractivity contribution in [3.8, 4) is 5.75 Å². The zero-order valence-corrected chi connectivity index (χ0v) is 11.6. The summed E-state index contributed by atoms with van der Waals surface area (Å²) in [4.78, 5) is 14.3. The lowest BCUT2D eigenvalue weighted by Crippen LogP contribution is -2.17. The maximum Gasteiger partial charge on any atom is 0.307 e. The summed E-state index contributed by atoms with van der Waals surface area (Å²) in [6, 6.07) is 4.18. The van der Waals surface area contributed by atoms with Crippen molar-refractivity contribution in [3.05, 3.63) is 29.5 Å².